The van der Waals surface area contributed by atoms with Gasteiger partial charge in [0.2, 0.25) is 0 Å². The van der Waals surface area contributed by atoms with Crippen LogP contribution in [0.1, 0.15) is 212 Å². The van der Waals surface area contributed by atoms with Crippen molar-refractivity contribution in [2.45, 2.75) is 219 Å². The minimum Gasteiger partial charge on any atom is -0.205 e. The third kappa shape index (κ3) is 26.1. The third-order valence-electron chi connectivity index (χ3n) is 9.01. The van der Waals surface area contributed by atoms with E-state index in [4.69, 9.17) is 0 Å². The van der Waals surface area contributed by atoms with Crippen molar-refractivity contribution in [2.24, 2.45) is 0 Å². The van der Waals surface area contributed by atoms with E-state index in [1.54, 1.807) is 0 Å². The van der Waals surface area contributed by atoms with Gasteiger partial charge in [0.05, 0.1) is 0 Å². The van der Waals surface area contributed by atoms with E-state index in [-0.39, 0.29) is 0 Å². The average Bonchev–Trinajstić information content (AvgIpc) is 2.97. The topological polar surface area (TPSA) is 3.88 Å². The highest BCUT2D eigenvalue weighted by Gasteiger charge is 2.03. The van der Waals surface area contributed by atoms with Crippen molar-refractivity contribution in [3.8, 4) is 0 Å². The lowest BCUT2D eigenvalue weighted by Crippen LogP contribution is -2.33. The zero-order chi connectivity index (χ0) is 28.6. The molecule has 0 fully saturated rings. The standard InChI is InChI=1S/C39H74N/c1-3-5-7-9-11-13-15-17-18-19-20-21-23-25-27-29-31-34-39-35-33-37-40(38-39)36-32-30-28-26-24-22-16-14-12-10-8-6-4-2/h33,35,37-38H,3-32,34,36H2,1-2H3/q+1. The maximum Gasteiger partial charge on any atom is 0.171 e. The lowest BCUT2D eigenvalue weighted by molar-refractivity contribution is -0.697. The molecule has 0 saturated carbocycles. The van der Waals surface area contributed by atoms with Gasteiger partial charge in [-0.15, -0.1) is 0 Å². The van der Waals surface area contributed by atoms with Crippen LogP contribution in [0.15, 0.2) is 24.5 Å². The maximum atomic E-state index is 2.45. The van der Waals surface area contributed by atoms with Gasteiger partial charge < -0.3 is 0 Å². The van der Waals surface area contributed by atoms with Crippen LogP contribution in [0, 0.1) is 0 Å². The Morgan fingerprint density at radius 3 is 1.10 bits per heavy atom. The highest BCUT2D eigenvalue weighted by atomic mass is 14.9. The van der Waals surface area contributed by atoms with E-state index in [0.29, 0.717) is 0 Å². The minimum atomic E-state index is 1.20. The molecular weight excluding hydrogens is 482 g/mol. The number of pyridine rings is 1. The summed E-state index contributed by atoms with van der Waals surface area (Å²) in [5.41, 5.74) is 1.54. The van der Waals surface area contributed by atoms with Crippen molar-refractivity contribution >= 4 is 0 Å². The van der Waals surface area contributed by atoms with E-state index < -0.39 is 0 Å². The molecule has 1 nitrogen and oxygen atoms in total. The van der Waals surface area contributed by atoms with Crippen molar-refractivity contribution in [1.82, 2.24) is 0 Å². The van der Waals surface area contributed by atoms with Gasteiger partial charge in [0.1, 0.15) is 6.54 Å². The molecule has 1 aromatic heterocycles. The molecule has 1 heteroatoms. The molecule has 0 radical (unpaired) electrons. The van der Waals surface area contributed by atoms with E-state index >= 15 is 0 Å². The molecule has 0 aliphatic carbocycles. The number of hydrogen-bond donors (Lipinski definition) is 0. The molecule has 0 unspecified atom stereocenters. The normalized spacial score (nSPS) is 11.4. The van der Waals surface area contributed by atoms with Crippen molar-refractivity contribution in [1.29, 1.82) is 0 Å². The summed E-state index contributed by atoms with van der Waals surface area (Å²) in [5.74, 6) is 0. The molecule has 0 aliphatic heterocycles. The number of aryl methyl sites for hydroxylation is 2. The Balaban J connectivity index is 1.85. The number of aromatic nitrogens is 1. The Labute approximate surface area is 253 Å². The summed E-state index contributed by atoms with van der Waals surface area (Å²) in [6, 6.07) is 4.61. The van der Waals surface area contributed by atoms with Crippen LogP contribution in [-0.2, 0) is 13.0 Å². The van der Waals surface area contributed by atoms with E-state index in [2.05, 4.69) is 42.9 Å². The quantitative estimate of drug-likeness (QED) is 0.0613. The van der Waals surface area contributed by atoms with Gasteiger partial charge in [0.15, 0.2) is 12.4 Å². The Morgan fingerprint density at radius 1 is 0.400 bits per heavy atom. The summed E-state index contributed by atoms with van der Waals surface area (Å²) in [5, 5.41) is 0. The van der Waals surface area contributed by atoms with E-state index in [1.165, 1.54) is 211 Å². The fraction of sp³-hybridized carbons (Fsp3) is 0.872. The smallest absolute Gasteiger partial charge is 0.171 e. The van der Waals surface area contributed by atoms with Crippen molar-refractivity contribution in [3.63, 3.8) is 0 Å². The van der Waals surface area contributed by atoms with Gasteiger partial charge in [0, 0.05) is 18.1 Å². The monoisotopic (exact) mass is 557 g/mol. The fourth-order valence-electron chi connectivity index (χ4n) is 6.23. The van der Waals surface area contributed by atoms with Gasteiger partial charge in [-0.05, 0) is 25.3 Å². The molecule has 0 spiro atoms. The van der Waals surface area contributed by atoms with Crippen LogP contribution in [0.25, 0.3) is 0 Å². The largest absolute Gasteiger partial charge is 0.205 e. The molecule has 234 valence electrons. The van der Waals surface area contributed by atoms with Gasteiger partial charge in [-0.3, -0.25) is 0 Å². The summed E-state index contributed by atoms with van der Waals surface area (Å²) < 4.78 is 2.45. The Kier molecular flexibility index (Phi) is 28.9. The molecular formula is C39H74N+. The molecule has 0 amide bonds. The molecule has 0 saturated heterocycles. The predicted octanol–water partition coefficient (Wildman–Crippen LogP) is 13.3. The summed E-state index contributed by atoms with van der Waals surface area (Å²) in [6.45, 7) is 5.81. The lowest BCUT2D eigenvalue weighted by Gasteiger charge is -2.04. The number of rotatable bonds is 32. The molecule has 0 N–H and O–H groups in total. The van der Waals surface area contributed by atoms with Crippen molar-refractivity contribution < 1.29 is 4.57 Å². The second kappa shape index (κ2) is 31.1. The number of unbranched alkanes of at least 4 members (excludes halogenated alkanes) is 28. The molecule has 0 atom stereocenters. The zero-order valence-electron chi connectivity index (χ0n) is 27.9. The molecule has 40 heavy (non-hydrogen) atoms. The zero-order valence-corrected chi connectivity index (χ0v) is 27.9. The van der Waals surface area contributed by atoms with Crippen LogP contribution in [0.3, 0.4) is 0 Å². The molecule has 0 aromatic carbocycles. The van der Waals surface area contributed by atoms with Crippen LogP contribution >= 0.6 is 0 Å². The van der Waals surface area contributed by atoms with Crippen LogP contribution in [0.4, 0.5) is 0 Å². The van der Waals surface area contributed by atoms with Crippen LogP contribution in [0.2, 0.25) is 0 Å². The first-order valence-corrected chi connectivity index (χ1v) is 18.8. The van der Waals surface area contributed by atoms with Gasteiger partial charge in [-0.1, -0.05) is 187 Å². The Bertz CT molecular complexity index is 609. The first-order valence-electron chi connectivity index (χ1n) is 18.8. The SMILES string of the molecule is CCCCCCCCCCCCCCCCCCCc1ccc[n+](CCCCCCCCCCCCCCC)c1. The van der Waals surface area contributed by atoms with Gasteiger partial charge in [0.25, 0.3) is 0 Å². The Hall–Kier alpha value is -0.850. The molecule has 1 rings (SSSR count). The summed E-state index contributed by atoms with van der Waals surface area (Å²) in [4.78, 5) is 0. The lowest BCUT2D eigenvalue weighted by atomic mass is 10.0. The highest BCUT2D eigenvalue weighted by molar-refractivity contribution is 5.05. The first kappa shape index (κ1) is 37.2. The second-order valence-electron chi connectivity index (χ2n) is 13.1. The van der Waals surface area contributed by atoms with E-state index in [0.717, 1.165) is 0 Å². The maximum absolute atomic E-state index is 2.45. The van der Waals surface area contributed by atoms with Crippen molar-refractivity contribution in [2.75, 3.05) is 0 Å². The Morgan fingerprint density at radius 2 is 0.725 bits per heavy atom. The highest BCUT2D eigenvalue weighted by Crippen LogP contribution is 2.15. The van der Waals surface area contributed by atoms with Gasteiger partial charge >= 0.3 is 0 Å². The average molecular weight is 557 g/mol. The molecule has 0 bridgehead atoms. The fourth-order valence-corrected chi connectivity index (χ4v) is 6.23. The molecule has 0 aliphatic rings. The third-order valence-corrected chi connectivity index (χ3v) is 9.01. The van der Waals surface area contributed by atoms with Crippen molar-refractivity contribution in [3.05, 3.63) is 30.1 Å². The predicted molar refractivity (Wildman–Crippen MR) is 180 cm³/mol. The first-order chi connectivity index (χ1) is 19.9. The van der Waals surface area contributed by atoms with Crippen LogP contribution in [-0.4, -0.2) is 0 Å². The summed E-state index contributed by atoms with van der Waals surface area (Å²) in [6.07, 6.45) is 49.3. The molecule has 1 aromatic rings. The molecule has 1 heterocycles. The van der Waals surface area contributed by atoms with E-state index in [1.807, 2.05) is 0 Å². The summed E-state index contributed by atoms with van der Waals surface area (Å²) >= 11 is 0. The van der Waals surface area contributed by atoms with Gasteiger partial charge in [-0.25, -0.2) is 4.57 Å². The van der Waals surface area contributed by atoms with Crippen LogP contribution in [0.5, 0.6) is 0 Å². The summed E-state index contributed by atoms with van der Waals surface area (Å²) in [7, 11) is 0. The van der Waals surface area contributed by atoms with Gasteiger partial charge in [-0.2, -0.15) is 0 Å². The number of hydrogen-bond acceptors (Lipinski definition) is 0. The second-order valence-corrected chi connectivity index (χ2v) is 13.1. The van der Waals surface area contributed by atoms with E-state index in [9.17, 15) is 0 Å². The minimum absolute atomic E-state index is 1.20. The number of nitrogens with zero attached hydrogens (tertiary/aromatic N) is 1. The van der Waals surface area contributed by atoms with Crippen LogP contribution < -0.4 is 4.57 Å².